The predicted octanol–water partition coefficient (Wildman–Crippen LogP) is 7.60. The van der Waals surface area contributed by atoms with Crippen molar-refractivity contribution in [2.45, 2.75) is 78.4 Å². The lowest BCUT2D eigenvalue weighted by Crippen LogP contribution is -2.32. The number of hydrogen-bond donors (Lipinski definition) is 2. The number of ether oxygens (including phenoxy) is 2. The number of fused-ring (bicyclic) bond motifs is 1. The minimum absolute atomic E-state index is 0.149. The van der Waals surface area contributed by atoms with E-state index in [1.165, 1.54) is 0 Å². The Kier molecular flexibility index (Phi) is 10.3. The van der Waals surface area contributed by atoms with Gasteiger partial charge >= 0.3 is 12.1 Å². The van der Waals surface area contributed by atoms with Crippen LogP contribution in [0, 0.1) is 0 Å². The van der Waals surface area contributed by atoms with Crippen molar-refractivity contribution in [2.75, 3.05) is 0 Å². The van der Waals surface area contributed by atoms with Crippen molar-refractivity contribution >= 4 is 40.1 Å². The molecule has 0 bridgehead atoms. The van der Waals surface area contributed by atoms with Crippen LogP contribution in [0.1, 0.15) is 70.9 Å². The van der Waals surface area contributed by atoms with Gasteiger partial charge in [-0.15, -0.1) is 0 Å². The van der Waals surface area contributed by atoms with Gasteiger partial charge in [0.25, 0.3) is 0 Å². The first-order valence-corrected chi connectivity index (χ1v) is 15.7. The minimum Gasteiger partial charge on any atom is -0.591 e. The second-order valence-corrected chi connectivity index (χ2v) is 14.6. The summed E-state index contributed by atoms with van der Waals surface area (Å²) >= 11 is -1.46. The van der Waals surface area contributed by atoms with Gasteiger partial charge in [-0.25, -0.2) is 4.79 Å². The number of aliphatic carboxylic acids is 1. The molecule has 1 heterocycles. The zero-order valence-electron chi connectivity index (χ0n) is 26.7. The Labute approximate surface area is 267 Å². The summed E-state index contributed by atoms with van der Waals surface area (Å²) in [7, 11) is 0. The number of carbonyl (C=O) groups excluding carboxylic acids is 1. The molecule has 1 aromatic heterocycles. The normalized spacial score (nSPS) is 13.0. The fraction of sp³-hybridized carbons (Fsp3) is 0.343. The molecule has 9 nitrogen and oxygen atoms in total. The van der Waals surface area contributed by atoms with E-state index in [1.807, 2.05) is 84.0 Å². The largest absolute Gasteiger partial charge is 0.591 e. The third kappa shape index (κ3) is 9.36. The molecule has 0 aliphatic rings. The molecule has 1 atom stereocenters. The number of hydrogen-bond acceptors (Lipinski definition) is 7. The van der Waals surface area contributed by atoms with Crippen LogP contribution in [0.3, 0.4) is 0 Å². The van der Waals surface area contributed by atoms with Gasteiger partial charge in [0.1, 0.15) is 45.4 Å². The van der Waals surface area contributed by atoms with Gasteiger partial charge in [0.15, 0.2) is 5.76 Å². The smallest absolute Gasteiger partial charge is 0.407 e. The number of alkyl carbamates (subject to hydrolysis) is 1. The maximum atomic E-state index is 12.7. The highest BCUT2D eigenvalue weighted by Crippen LogP contribution is 2.34. The van der Waals surface area contributed by atoms with Gasteiger partial charge in [-0.3, -0.25) is 4.79 Å². The van der Waals surface area contributed by atoms with E-state index in [0.29, 0.717) is 28.4 Å². The summed E-state index contributed by atoms with van der Waals surface area (Å²) in [6.07, 6.45) is -0.653. The molecule has 1 unspecified atom stereocenters. The molecule has 2 N–H and O–H groups in total. The number of para-hydroxylation sites is 1. The standard InChI is InChI=1S/C35H40N2O7S/c1-22(37-45(41)35(5,6)7)30-18-27-16-24(21-42-29-14-9-8-12-26(29)19-31(38)39)17-28(32(27)43-30)25-13-10-11-23(15-25)20-36-33(40)44-34(2,3)4/h8-18H,19-21H2,1-7H3,(H,36,40)(H,38,39). The Morgan fingerprint density at radius 2 is 1.71 bits per heavy atom. The van der Waals surface area contributed by atoms with Crippen LogP contribution in [-0.2, 0) is 40.5 Å². The SMILES string of the molecule is CC(=N[S+]([O-])C(C)(C)C)c1cc2cc(COc3ccccc3CC(=O)O)cc(-c3cccc(CNC(=O)OC(C)(C)C)c3)c2o1. The molecule has 4 aromatic rings. The second-order valence-electron chi connectivity index (χ2n) is 12.7. The molecule has 3 aromatic carbocycles. The Morgan fingerprint density at radius 1 is 0.978 bits per heavy atom. The Bertz CT molecular complexity index is 1710. The van der Waals surface area contributed by atoms with E-state index in [-0.39, 0.29) is 19.6 Å². The molecular formula is C35H40N2O7S. The highest BCUT2D eigenvalue weighted by molar-refractivity contribution is 7.91. The van der Waals surface area contributed by atoms with Gasteiger partial charge in [-0.1, -0.05) is 40.8 Å². The zero-order valence-corrected chi connectivity index (χ0v) is 27.5. The number of carboxylic acids is 1. The van der Waals surface area contributed by atoms with E-state index in [1.54, 1.807) is 31.2 Å². The van der Waals surface area contributed by atoms with E-state index < -0.39 is 33.8 Å². The van der Waals surface area contributed by atoms with Gasteiger partial charge in [-0.2, -0.15) is 0 Å². The van der Waals surface area contributed by atoms with E-state index in [0.717, 1.165) is 27.6 Å². The van der Waals surface area contributed by atoms with Crippen LogP contribution in [0.4, 0.5) is 4.79 Å². The molecule has 238 valence electrons. The van der Waals surface area contributed by atoms with E-state index in [9.17, 15) is 19.2 Å². The summed E-state index contributed by atoms with van der Waals surface area (Å²) in [5.41, 5.74) is 4.45. The zero-order chi connectivity index (χ0) is 32.9. The highest BCUT2D eigenvalue weighted by Gasteiger charge is 2.27. The van der Waals surface area contributed by atoms with E-state index in [2.05, 4.69) is 9.71 Å². The lowest BCUT2D eigenvalue weighted by molar-refractivity contribution is -0.136. The Hall–Kier alpha value is -4.28. The molecule has 0 saturated heterocycles. The summed E-state index contributed by atoms with van der Waals surface area (Å²) in [5.74, 6) is 0.0555. The van der Waals surface area contributed by atoms with Gasteiger partial charge in [0.05, 0.1) is 6.42 Å². The summed E-state index contributed by atoms with van der Waals surface area (Å²) in [5, 5.41) is 12.9. The molecule has 4 rings (SSSR count). The fourth-order valence-corrected chi connectivity index (χ4v) is 5.06. The molecule has 45 heavy (non-hydrogen) atoms. The topological polar surface area (TPSA) is 133 Å². The molecule has 0 aliphatic carbocycles. The number of amides is 1. The average molecular weight is 633 g/mol. The number of carbonyl (C=O) groups is 2. The van der Waals surface area contributed by atoms with Crippen LogP contribution in [-0.4, -0.2) is 37.8 Å². The fourth-order valence-electron chi connectivity index (χ4n) is 4.45. The van der Waals surface area contributed by atoms with Crippen molar-refractivity contribution in [3.8, 4) is 16.9 Å². The first-order chi connectivity index (χ1) is 21.1. The third-order valence-corrected chi connectivity index (χ3v) is 8.05. The predicted molar refractivity (Wildman–Crippen MR) is 177 cm³/mol. The summed E-state index contributed by atoms with van der Waals surface area (Å²) in [6.45, 7) is 13.2. The molecular weight excluding hydrogens is 592 g/mol. The maximum absolute atomic E-state index is 12.7. The number of rotatable bonds is 10. The number of nitrogens with one attached hydrogen (secondary N) is 1. The molecule has 0 saturated carbocycles. The number of nitrogens with zero attached hydrogens (tertiary/aromatic N) is 1. The number of furan rings is 1. The van der Waals surface area contributed by atoms with Crippen LogP contribution < -0.4 is 10.1 Å². The quantitative estimate of drug-likeness (QED) is 0.136. The first kappa shape index (κ1) is 33.6. The highest BCUT2D eigenvalue weighted by atomic mass is 32.2. The molecule has 0 spiro atoms. The summed E-state index contributed by atoms with van der Waals surface area (Å²) in [4.78, 5) is 23.6. The Balaban J connectivity index is 1.72. The molecule has 10 heteroatoms. The van der Waals surface area contributed by atoms with Crippen LogP contribution in [0.15, 0.2) is 75.5 Å². The number of benzene rings is 3. The van der Waals surface area contributed by atoms with Crippen molar-refractivity contribution in [3.63, 3.8) is 0 Å². The van der Waals surface area contributed by atoms with E-state index >= 15 is 0 Å². The van der Waals surface area contributed by atoms with Crippen molar-refractivity contribution in [1.29, 1.82) is 0 Å². The summed E-state index contributed by atoms with van der Waals surface area (Å²) < 4.78 is 34.4. The number of carboxylic acid groups (broad SMARTS) is 1. The minimum atomic E-state index is -1.46. The monoisotopic (exact) mass is 632 g/mol. The van der Waals surface area contributed by atoms with Gasteiger partial charge in [0.2, 0.25) is 0 Å². The lowest BCUT2D eigenvalue weighted by Gasteiger charge is -2.19. The van der Waals surface area contributed by atoms with Crippen molar-refractivity contribution in [3.05, 3.63) is 89.2 Å². The Morgan fingerprint density at radius 3 is 2.40 bits per heavy atom. The first-order valence-electron chi connectivity index (χ1n) is 14.6. The van der Waals surface area contributed by atoms with E-state index in [4.69, 9.17) is 13.9 Å². The van der Waals surface area contributed by atoms with Crippen molar-refractivity contribution < 1.29 is 33.1 Å². The summed E-state index contributed by atoms with van der Waals surface area (Å²) in [6, 6.07) is 20.6. The molecule has 0 fully saturated rings. The van der Waals surface area contributed by atoms with Crippen LogP contribution in [0.25, 0.3) is 22.1 Å². The van der Waals surface area contributed by atoms with Gasteiger partial charge in [-0.05, 0) is 95.5 Å². The van der Waals surface area contributed by atoms with Gasteiger partial charge < -0.3 is 28.9 Å². The maximum Gasteiger partial charge on any atom is 0.407 e. The molecule has 0 radical (unpaired) electrons. The van der Waals surface area contributed by atoms with Crippen LogP contribution >= 0.6 is 0 Å². The van der Waals surface area contributed by atoms with Crippen LogP contribution in [0.2, 0.25) is 0 Å². The third-order valence-electron chi connectivity index (χ3n) is 6.56. The lowest BCUT2D eigenvalue weighted by atomic mass is 9.99. The van der Waals surface area contributed by atoms with Crippen LogP contribution in [0.5, 0.6) is 5.75 Å². The average Bonchev–Trinajstić information content (AvgIpc) is 3.38. The van der Waals surface area contributed by atoms with Gasteiger partial charge in [0, 0.05) is 23.1 Å². The van der Waals surface area contributed by atoms with Crippen molar-refractivity contribution in [1.82, 2.24) is 5.32 Å². The molecule has 0 aliphatic heterocycles. The molecule has 1 amide bonds. The van der Waals surface area contributed by atoms with Crippen molar-refractivity contribution in [2.24, 2.45) is 4.40 Å². The second kappa shape index (κ2) is 13.8.